The highest BCUT2D eigenvalue weighted by Gasteiger charge is 2.41. The molecule has 3 rings (SSSR count). The maximum Gasteiger partial charge on any atom is 0.247 e. The van der Waals surface area contributed by atoms with E-state index < -0.39 is 35.3 Å². The molecule has 0 unspecified atom stereocenters. The molecule has 9 heteroatoms. The average molecular weight is 504 g/mol. The van der Waals surface area contributed by atoms with E-state index in [0.29, 0.717) is 25.8 Å². The third-order valence-corrected chi connectivity index (χ3v) is 6.17. The molecule has 0 radical (unpaired) electrons. The predicted octanol–water partition coefficient (Wildman–Crippen LogP) is 2.92. The van der Waals surface area contributed by atoms with E-state index >= 15 is 0 Å². The van der Waals surface area contributed by atoms with Crippen LogP contribution < -0.4 is 10.6 Å². The second-order valence-corrected chi connectivity index (χ2v) is 10.3. The fraction of sp³-hybridized carbons (Fsp3) is 0.500. The van der Waals surface area contributed by atoms with Gasteiger partial charge in [-0.05, 0) is 51.8 Å². The van der Waals surface area contributed by atoms with E-state index in [0.717, 1.165) is 6.07 Å². The molecule has 3 amide bonds. The Bertz CT molecular complexity index is 1050. The van der Waals surface area contributed by atoms with Crippen molar-refractivity contribution >= 4 is 35.4 Å². The number of terminal acetylenes is 1. The molecule has 0 saturated carbocycles. The zero-order valence-corrected chi connectivity index (χ0v) is 20.9. The van der Waals surface area contributed by atoms with Crippen molar-refractivity contribution in [2.45, 2.75) is 63.8 Å². The molecule has 2 aliphatic heterocycles. The summed E-state index contributed by atoms with van der Waals surface area (Å²) in [5, 5.41) is 5.82. The number of ether oxygens (including phenoxy) is 1. The molecule has 2 saturated heterocycles. The predicted molar refractivity (Wildman–Crippen MR) is 132 cm³/mol. The van der Waals surface area contributed by atoms with Gasteiger partial charge in [0.05, 0.1) is 17.7 Å². The van der Waals surface area contributed by atoms with Crippen molar-refractivity contribution in [1.29, 1.82) is 0 Å². The summed E-state index contributed by atoms with van der Waals surface area (Å²) in [5.74, 6) is 0.791. The Hall–Kier alpha value is -2.89. The zero-order chi connectivity index (χ0) is 25.8. The van der Waals surface area contributed by atoms with Gasteiger partial charge in [0.25, 0.3) is 0 Å². The minimum absolute atomic E-state index is 0.0737. The van der Waals surface area contributed by atoms with Crippen LogP contribution in [0.15, 0.2) is 24.3 Å². The number of amides is 3. The van der Waals surface area contributed by atoms with Crippen LogP contribution in [-0.4, -0.2) is 59.5 Å². The highest BCUT2D eigenvalue weighted by molar-refractivity contribution is 6.30. The van der Waals surface area contributed by atoms with Crippen molar-refractivity contribution in [3.8, 4) is 12.3 Å². The Morgan fingerprint density at radius 1 is 1.43 bits per heavy atom. The topological polar surface area (TPSA) is 87.7 Å². The van der Waals surface area contributed by atoms with Crippen LogP contribution in [0.4, 0.5) is 4.39 Å². The van der Waals surface area contributed by atoms with E-state index in [1.807, 2.05) is 20.8 Å². The Morgan fingerprint density at radius 3 is 2.77 bits per heavy atom. The van der Waals surface area contributed by atoms with Crippen LogP contribution in [0.3, 0.4) is 0 Å². The molecule has 0 bridgehead atoms. The number of benzene rings is 1. The van der Waals surface area contributed by atoms with Crippen molar-refractivity contribution in [1.82, 2.24) is 15.5 Å². The van der Waals surface area contributed by atoms with E-state index in [4.69, 9.17) is 22.8 Å². The van der Waals surface area contributed by atoms with Crippen LogP contribution in [0.2, 0.25) is 5.02 Å². The zero-order valence-electron chi connectivity index (χ0n) is 20.1. The third kappa shape index (κ3) is 7.30. The number of hydrogen-bond donors (Lipinski definition) is 2. The molecule has 2 N–H and O–H groups in total. The molecule has 35 heavy (non-hydrogen) atoms. The monoisotopic (exact) mass is 503 g/mol. The molecule has 2 heterocycles. The largest absolute Gasteiger partial charge is 0.371 e. The van der Waals surface area contributed by atoms with Crippen molar-refractivity contribution in [2.24, 2.45) is 5.92 Å². The standard InChI is InChI=1S/C26H31ClFN3O4/c1-5-19(12-17-10-11-29-24(17)33)30-25(34)22-14-20(35-26(2,3)4)15-31(22)23(32)9-7-16-6-8-18(27)13-21(16)28/h1,6-9,13,17,19-20,22H,10-12,14-15H2,2-4H3,(H,29,33)(H,30,34)/b9-7+/t17-,19+,20+,22-/m0/s1. The number of rotatable bonds is 7. The number of nitrogens with one attached hydrogen (secondary N) is 2. The number of hydrogen-bond acceptors (Lipinski definition) is 4. The van der Waals surface area contributed by atoms with Gasteiger partial charge in [-0.2, -0.15) is 0 Å². The van der Waals surface area contributed by atoms with Gasteiger partial charge >= 0.3 is 0 Å². The fourth-order valence-electron chi connectivity index (χ4n) is 4.36. The lowest BCUT2D eigenvalue weighted by Gasteiger charge is -2.25. The molecule has 0 aromatic heterocycles. The first kappa shape index (κ1) is 26.7. The first-order valence-electron chi connectivity index (χ1n) is 11.6. The maximum absolute atomic E-state index is 14.1. The molecule has 0 aliphatic carbocycles. The number of likely N-dealkylation sites (tertiary alicyclic amines) is 1. The lowest BCUT2D eigenvalue weighted by molar-refractivity contribution is -0.135. The summed E-state index contributed by atoms with van der Waals surface area (Å²) in [6, 6.07) is 2.70. The van der Waals surface area contributed by atoms with Crippen molar-refractivity contribution < 1.29 is 23.5 Å². The van der Waals surface area contributed by atoms with Crippen LogP contribution in [0.1, 0.15) is 45.6 Å². The summed E-state index contributed by atoms with van der Waals surface area (Å²) in [7, 11) is 0. The van der Waals surface area contributed by atoms with E-state index in [1.165, 1.54) is 29.2 Å². The normalized spacial score (nSPS) is 23.3. The van der Waals surface area contributed by atoms with Gasteiger partial charge in [-0.15, -0.1) is 6.42 Å². The second kappa shape index (κ2) is 11.2. The van der Waals surface area contributed by atoms with Gasteiger partial charge in [-0.1, -0.05) is 23.6 Å². The van der Waals surface area contributed by atoms with Crippen molar-refractivity contribution in [3.63, 3.8) is 0 Å². The van der Waals surface area contributed by atoms with E-state index in [1.54, 1.807) is 0 Å². The van der Waals surface area contributed by atoms with E-state index in [-0.39, 0.29) is 35.1 Å². The van der Waals surface area contributed by atoms with Crippen LogP contribution in [0, 0.1) is 24.1 Å². The molecule has 188 valence electrons. The smallest absolute Gasteiger partial charge is 0.247 e. The molecule has 4 atom stereocenters. The van der Waals surface area contributed by atoms with Crippen LogP contribution >= 0.6 is 11.6 Å². The minimum atomic E-state index is -0.817. The van der Waals surface area contributed by atoms with Gasteiger partial charge in [0, 0.05) is 42.1 Å². The Balaban J connectivity index is 1.74. The molecule has 0 spiro atoms. The Morgan fingerprint density at radius 2 is 2.17 bits per heavy atom. The SMILES string of the molecule is C#C[C@H](C[C@@H]1CCNC1=O)NC(=O)[C@@H]1C[C@@H](OC(C)(C)C)CN1C(=O)/C=C/c1ccc(Cl)cc1F. The average Bonchev–Trinajstić information content (AvgIpc) is 3.37. The quantitative estimate of drug-likeness (QED) is 0.442. The molecular weight excluding hydrogens is 473 g/mol. The van der Waals surface area contributed by atoms with Crippen LogP contribution in [-0.2, 0) is 19.1 Å². The van der Waals surface area contributed by atoms with E-state index in [2.05, 4.69) is 16.6 Å². The molecule has 1 aromatic carbocycles. The Kier molecular flexibility index (Phi) is 8.57. The lowest BCUT2D eigenvalue weighted by Crippen LogP contribution is -2.48. The van der Waals surface area contributed by atoms with Crippen LogP contribution in [0.5, 0.6) is 0 Å². The lowest BCUT2D eigenvalue weighted by atomic mass is 9.98. The number of carbonyl (C=O) groups is 3. The molecule has 1 aromatic rings. The number of halogens is 2. The summed E-state index contributed by atoms with van der Waals surface area (Å²) in [6.45, 7) is 6.49. The molecule has 2 fully saturated rings. The number of carbonyl (C=O) groups excluding carboxylic acids is 3. The third-order valence-electron chi connectivity index (χ3n) is 5.94. The van der Waals surface area contributed by atoms with Crippen molar-refractivity contribution in [3.05, 3.63) is 40.7 Å². The summed E-state index contributed by atoms with van der Waals surface area (Å²) < 4.78 is 20.2. The van der Waals surface area contributed by atoms with Crippen molar-refractivity contribution in [2.75, 3.05) is 13.1 Å². The molecular formula is C26H31ClFN3O4. The highest BCUT2D eigenvalue weighted by Crippen LogP contribution is 2.26. The first-order valence-corrected chi connectivity index (χ1v) is 12.0. The second-order valence-electron chi connectivity index (χ2n) is 9.83. The summed E-state index contributed by atoms with van der Waals surface area (Å²) >= 11 is 5.79. The molecule has 2 aliphatic rings. The van der Waals surface area contributed by atoms with Gasteiger partial charge in [0.2, 0.25) is 17.7 Å². The van der Waals surface area contributed by atoms with Gasteiger partial charge in [-0.25, -0.2) is 4.39 Å². The summed E-state index contributed by atoms with van der Waals surface area (Å²) in [5.41, 5.74) is -0.266. The fourth-order valence-corrected chi connectivity index (χ4v) is 4.52. The summed E-state index contributed by atoms with van der Waals surface area (Å²) in [4.78, 5) is 39.6. The first-order chi connectivity index (χ1) is 16.5. The Labute approximate surface area is 210 Å². The van der Waals surface area contributed by atoms with Gasteiger partial charge in [0.15, 0.2) is 0 Å². The minimum Gasteiger partial charge on any atom is -0.371 e. The van der Waals surface area contributed by atoms with Gasteiger partial charge in [-0.3, -0.25) is 14.4 Å². The van der Waals surface area contributed by atoms with E-state index in [9.17, 15) is 18.8 Å². The van der Waals surface area contributed by atoms with Crippen LogP contribution in [0.25, 0.3) is 6.08 Å². The van der Waals surface area contributed by atoms with Gasteiger partial charge in [0.1, 0.15) is 11.9 Å². The highest BCUT2D eigenvalue weighted by atomic mass is 35.5. The maximum atomic E-state index is 14.1. The molecule has 7 nitrogen and oxygen atoms in total. The summed E-state index contributed by atoms with van der Waals surface area (Å²) in [6.07, 6.45) is 9.13. The van der Waals surface area contributed by atoms with Gasteiger partial charge < -0.3 is 20.3 Å². The number of nitrogens with zero attached hydrogens (tertiary/aromatic N) is 1.